The number of rotatable bonds is 3. The van der Waals surface area contributed by atoms with Crippen molar-refractivity contribution >= 4 is 10.8 Å². The Bertz CT molecular complexity index is 736. The van der Waals surface area contributed by atoms with E-state index in [2.05, 4.69) is 0 Å². The molecule has 3 aromatic rings. The fourth-order valence-electron chi connectivity index (χ4n) is 2.16. The van der Waals surface area contributed by atoms with E-state index in [-0.39, 0.29) is 5.75 Å². The third-order valence-corrected chi connectivity index (χ3v) is 3.13. The van der Waals surface area contributed by atoms with E-state index in [1.54, 1.807) is 13.2 Å². The number of phenolic OH excluding ortho intramolecular Hbond substituents is 1. The molecule has 0 aliphatic carbocycles. The molecule has 0 atom stereocenters. The molecule has 1 N–H and O–H groups in total. The normalized spacial score (nSPS) is 10.4. The Labute approximate surface area is 117 Å². The summed E-state index contributed by atoms with van der Waals surface area (Å²) >= 11 is 0. The van der Waals surface area contributed by atoms with Gasteiger partial charge in [-0.2, -0.15) is 0 Å². The number of aromatic hydroxyl groups is 1. The molecule has 0 aromatic heterocycles. The molecule has 3 aromatic carbocycles. The van der Waals surface area contributed by atoms with Gasteiger partial charge in [0, 0.05) is 16.8 Å². The largest absolute Gasteiger partial charge is 0.504 e. The van der Waals surface area contributed by atoms with E-state index in [9.17, 15) is 5.11 Å². The van der Waals surface area contributed by atoms with Gasteiger partial charge in [0.15, 0.2) is 11.5 Å². The van der Waals surface area contributed by atoms with Crippen LogP contribution in [0.5, 0.6) is 23.0 Å². The van der Waals surface area contributed by atoms with Crippen LogP contribution in [0.4, 0.5) is 0 Å². The number of ether oxygens (including phenoxy) is 2. The first-order chi connectivity index (χ1) is 9.79. The van der Waals surface area contributed by atoms with Crippen LogP contribution in [0, 0.1) is 0 Å². The molecule has 3 heteroatoms. The van der Waals surface area contributed by atoms with Gasteiger partial charge in [0.2, 0.25) is 0 Å². The highest BCUT2D eigenvalue weighted by molar-refractivity contribution is 5.95. The van der Waals surface area contributed by atoms with Crippen LogP contribution in [0.15, 0.2) is 60.7 Å². The molecule has 0 aliphatic heterocycles. The van der Waals surface area contributed by atoms with Gasteiger partial charge in [-0.3, -0.25) is 0 Å². The van der Waals surface area contributed by atoms with E-state index in [0.29, 0.717) is 22.6 Å². The molecular weight excluding hydrogens is 252 g/mol. The number of hydrogen-bond donors (Lipinski definition) is 1. The molecule has 3 nitrogen and oxygen atoms in total. The first-order valence-corrected chi connectivity index (χ1v) is 6.31. The minimum Gasteiger partial charge on any atom is -0.504 e. The van der Waals surface area contributed by atoms with E-state index in [1.165, 1.54) is 0 Å². The van der Waals surface area contributed by atoms with E-state index in [4.69, 9.17) is 9.47 Å². The van der Waals surface area contributed by atoms with E-state index >= 15 is 0 Å². The summed E-state index contributed by atoms with van der Waals surface area (Å²) in [6.45, 7) is 0. The Morgan fingerprint density at radius 1 is 0.800 bits per heavy atom. The van der Waals surface area contributed by atoms with Crippen LogP contribution in [0.25, 0.3) is 10.8 Å². The predicted molar refractivity (Wildman–Crippen MR) is 78.7 cm³/mol. The van der Waals surface area contributed by atoms with Gasteiger partial charge in [0.25, 0.3) is 0 Å². The summed E-state index contributed by atoms with van der Waals surface area (Å²) in [6, 6.07) is 18.6. The molecule has 0 amide bonds. The molecule has 0 spiro atoms. The number of para-hydroxylation sites is 1. The third kappa shape index (κ3) is 2.14. The molecule has 0 heterocycles. The SMILES string of the molecule is COc1cc(Oc2ccccc2)c(O)c2ccccc12. The Morgan fingerprint density at radius 2 is 1.45 bits per heavy atom. The Morgan fingerprint density at radius 3 is 2.15 bits per heavy atom. The summed E-state index contributed by atoms with van der Waals surface area (Å²) in [5, 5.41) is 11.9. The fraction of sp³-hybridized carbons (Fsp3) is 0.0588. The maximum Gasteiger partial charge on any atom is 0.173 e. The molecule has 100 valence electrons. The monoisotopic (exact) mass is 266 g/mol. The Balaban J connectivity index is 2.14. The van der Waals surface area contributed by atoms with Crippen LogP contribution in [0.3, 0.4) is 0 Å². The van der Waals surface area contributed by atoms with Crippen LogP contribution in [0.1, 0.15) is 0 Å². The van der Waals surface area contributed by atoms with Crippen molar-refractivity contribution in [2.75, 3.05) is 7.11 Å². The van der Waals surface area contributed by atoms with Gasteiger partial charge in [-0.25, -0.2) is 0 Å². The van der Waals surface area contributed by atoms with Gasteiger partial charge in [0.05, 0.1) is 7.11 Å². The van der Waals surface area contributed by atoms with Crippen LogP contribution < -0.4 is 9.47 Å². The lowest BCUT2D eigenvalue weighted by Crippen LogP contribution is -1.90. The van der Waals surface area contributed by atoms with Gasteiger partial charge < -0.3 is 14.6 Å². The third-order valence-electron chi connectivity index (χ3n) is 3.13. The topological polar surface area (TPSA) is 38.7 Å². The van der Waals surface area contributed by atoms with Gasteiger partial charge >= 0.3 is 0 Å². The molecule has 0 saturated heterocycles. The average molecular weight is 266 g/mol. The summed E-state index contributed by atoms with van der Waals surface area (Å²) in [4.78, 5) is 0. The quantitative estimate of drug-likeness (QED) is 0.766. The Hall–Kier alpha value is -2.68. The van der Waals surface area contributed by atoms with Crippen molar-refractivity contribution < 1.29 is 14.6 Å². The lowest BCUT2D eigenvalue weighted by atomic mass is 10.1. The average Bonchev–Trinajstić information content (AvgIpc) is 2.51. The zero-order chi connectivity index (χ0) is 13.9. The number of fused-ring (bicyclic) bond motifs is 1. The number of benzene rings is 3. The van der Waals surface area contributed by atoms with Crippen LogP contribution in [0.2, 0.25) is 0 Å². The van der Waals surface area contributed by atoms with Crippen LogP contribution >= 0.6 is 0 Å². The van der Waals surface area contributed by atoms with Crippen molar-refractivity contribution in [1.82, 2.24) is 0 Å². The van der Waals surface area contributed by atoms with E-state index < -0.39 is 0 Å². The minimum absolute atomic E-state index is 0.116. The van der Waals surface area contributed by atoms with Gasteiger partial charge in [0.1, 0.15) is 11.5 Å². The zero-order valence-corrected chi connectivity index (χ0v) is 11.0. The first kappa shape index (κ1) is 12.4. The lowest BCUT2D eigenvalue weighted by molar-refractivity contribution is 0.398. The lowest BCUT2D eigenvalue weighted by Gasteiger charge is -2.13. The second-order valence-electron chi connectivity index (χ2n) is 4.39. The fourth-order valence-corrected chi connectivity index (χ4v) is 2.16. The zero-order valence-electron chi connectivity index (χ0n) is 11.0. The molecule has 20 heavy (non-hydrogen) atoms. The highest BCUT2D eigenvalue weighted by Crippen LogP contribution is 2.42. The van der Waals surface area contributed by atoms with Crippen molar-refractivity contribution in [3.05, 3.63) is 60.7 Å². The first-order valence-electron chi connectivity index (χ1n) is 6.31. The summed E-state index contributed by atoms with van der Waals surface area (Å²) in [6.07, 6.45) is 0. The highest BCUT2D eigenvalue weighted by Gasteiger charge is 2.13. The molecular formula is C17H14O3. The predicted octanol–water partition coefficient (Wildman–Crippen LogP) is 4.35. The van der Waals surface area contributed by atoms with E-state index in [1.807, 2.05) is 54.6 Å². The molecule has 0 saturated carbocycles. The second kappa shape index (κ2) is 5.13. The second-order valence-corrected chi connectivity index (χ2v) is 4.39. The summed E-state index contributed by atoms with van der Waals surface area (Å²) in [7, 11) is 1.60. The molecule has 3 rings (SSSR count). The van der Waals surface area contributed by atoms with Crippen LogP contribution in [-0.2, 0) is 0 Å². The maximum atomic E-state index is 10.4. The molecule has 0 unspecified atom stereocenters. The van der Waals surface area contributed by atoms with E-state index in [0.717, 1.165) is 5.39 Å². The summed E-state index contributed by atoms with van der Waals surface area (Å²) in [5.41, 5.74) is 0. The molecule has 0 fully saturated rings. The summed E-state index contributed by atoms with van der Waals surface area (Å²) < 4.78 is 11.1. The van der Waals surface area contributed by atoms with Crippen molar-refractivity contribution in [3.63, 3.8) is 0 Å². The number of phenols is 1. The number of hydrogen-bond acceptors (Lipinski definition) is 3. The molecule has 0 bridgehead atoms. The maximum absolute atomic E-state index is 10.4. The number of methoxy groups -OCH3 is 1. The van der Waals surface area contributed by atoms with Gasteiger partial charge in [-0.05, 0) is 12.1 Å². The van der Waals surface area contributed by atoms with Crippen molar-refractivity contribution in [2.45, 2.75) is 0 Å². The Kier molecular flexibility index (Phi) is 3.17. The van der Waals surface area contributed by atoms with Crippen molar-refractivity contribution in [1.29, 1.82) is 0 Å². The minimum atomic E-state index is 0.116. The smallest absolute Gasteiger partial charge is 0.173 e. The van der Waals surface area contributed by atoms with Crippen molar-refractivity contribution in [2.24, 2.45) is 0 Å². The summed E-state index contributed by atoms with van der Waals surface area (Å²) in [5.74, 6) is 1.83. The van der Waals surface area contributed by atoms with Crippen LogP contribution in [-0.4, -0.2) is 12.2 Å². The molecule has 0 radical (unpaired) electrons. The van der Waals surface area contributed by atoms with Gasteiger partial charge in [-0.15, -0.1) is 0 Å². The van der Waals surface area contributed by atoms with Crippen molar-refractivity contribution in [3.8, 4) is 23.0 Å². The highest BCUT2D eigenvalue weighted by atomic mass is 16.5. The van der Waals surface area contributed by atoms with Gasteiger partial charge in [-0.1, -0.05) is 42.5 Å². The molecule has 0 aliphatic rings. The standard InChI is InChI=1S/C17H14O3/c1-19-15-11-16(20-12-7-3-2-4-8-12)17(18)14-10-6-5-9-13(14)15/h2-11,18H,1H3.